The number of hydrogen-bond donors (Lipinski definition) is 3. The third-order valence-corrected chi connectivity index (χ3v) is 4.71. The van der Waals surface area contributed by atoms with Crippen molar-refractivity contribution in [2.75, 3.05) is 17.2 Å². The lowest BCUT2D eigenvalue weighted by atomic mass is 10.2. The van der Waals surface area contributed by atoms with Crippen molar-refractivity contribution in [3.8, 4) is 5.75 Å². The molecule has 3 aromatic carbocycles. The van der Waals surface area contributed by atoms with E-state index in [4.69, 9.17) is 27.9 Å². The van der Waals surface area contributed by atoms with Gasteiger partial charge in [-0.15, -0.1) is 0 Å². The summed E-state index contributed by atoms with van der Waals surface area (Å²) in [6.07, 6.45) is 1.35. The SMILES string of the molecule is Cc1ccc(NC(=O)C(=O)N/N=C\c2cccc(OCC(=O)Nc3cc(Cl)cc(Cl)c3)c2)cc1. The van der Waals surface area contributed by atoms with Crippen LogP contribution in [0.4, 0.5) is 11.4 Å². The lowest BCUT2D eigenvalue weighted by molar-refractivity contribution is -0.136. The molecule has 0 saturated heterocycles. The molecule has 0 heterocycles. The molecule has 0 radical (unpaired) electrons. The van der Waals surface area contributed by atoms with Gasteiger partial charge in [0.05, 0.1) is 6.21 Å². The van der Waals surface area contributed by atoms with Crippen molar-refractivity contribution in [1.82, 2.24) is 5.43 Å². The average Bonchev–Trinajstić information content (AvgIpc) is 2.79. The maximum atomic E-state index is 12.1. The van der Waals surface area contributed by atoms with Crippen molar-refractivity contribution in [1.29, 1.82) is 0 Å². The van der Waals surface area contributed by atoms with Crippen LogP contribution in [0.15, 0.2) is 71.8 Å². The Balaban J connectivity index is 1.48. The van der Waals surface area contributed by atoms with Gasteiger partial charge < -0.3 is 15.4 Å². The first-order chi connectivity index (χ1) is 16.3. The number of amides is 3. The number of aryl methyl sites for hydroxylation is 1. The first-order valence-electron chi connectivity index (χ1n) is 9.98. The van der Waals surface area contributed by atoms with Gasteiger partial charge in [0.15, 0.2) is 6.61 Å². The average molecular weight is 499 g/mol. The minimum Gasteiger partial charge on any atom is -0.484 e. The molecule has 0 aromatic heterocycles. The minimum absolute atomic E-state index is 0.249. The minimum atomic E-state index is -0.915. The lowest BCUT2D eigenvalue weighted by Crippen LogP contribution is -2.32. The van der Waals surface area contributed by atoms with Gasteiger partial charge >= 0.3 is 11.8 Å². The molecular weight excluding hydrogens is 479 g/mol. The largest absolute Gasteiger partial charge is 0.484 e. The first-order valence-corrected chi connectivity index (χ1v) is 10.7. The van der Waals surface area contributed by atoms with Gasteiger partial charge in [-0.25, -0.2) is 5.43 Å². The zero-order valence-corrected chi connectivity index (χ0v) is 19.5. The molecule has 0 fully saturated rings. The van der Waals surface area contributed by atoms with Crippen LogP contribution in [0.2, 0.25) is 10.0 Å². The summed E-state index contributed by atoms with van der Waals surface area (Å²) in [6.45, 7) is 1.67. The van der Waals surface area contributed by atoms with Crippen molar-refractivity contribution in [2.45, 2.75) is 6.92 Å². The summed E-state index contributed by atoms with van der Waals surface area (Å²) < 4.78 is 5.49. The Morgan fingerprint density at radius 2 is 1.59 bits per heavy atom. The topological polar surface area (TPSA) is 109 Å². The molecule has 174 valence electrons. The van der Waals surface area contributed by atoms with E-state index in [2.05, 4.69) is 21.2 Å². The van der Waals surface area contributed by atoms with Crippen LogP contribution >= 0.6 is 23.2 Å². The van der Waals surface area contributed by atoms with Crippen LogP contribution in [0, 0.1) is 6.92 Å². The summed E-state index contributed by atoms with van der Waals surface area (Å²) in [6, 6.07) is 18.4. The van der Waals surface area contributed by atoms with Gasteiger partial charge in [-0.1, -0.05) is 53.0 Å². The van der Waals surface area contributed by atoms with Crippen LogP contribution in [0.25, 0.3) is 0 Å². The molecule has 3 N–H and O–H groups in total. The highest BCUT2D eigenvalue weighted by molar-refractivity contribution is 6.39. The molecule has 3 rings (SSSR count). The highest BCUT2D eigenvalue weighted by Crippen LogP contribution is 2.22. The lowest BCUT2D eigenvalue weighted by Gasteiger charge is -2.09. The van der Waals surface area contributed by atoms with Crippen LogP contribution < -0.4 is 20.8 Å². The number of carbonyl (C=O) groups is 3. The molecule has 10 heteroatoms. The van der Waals surface area contributed by atoms with E-state index in [0.717, 1.165) is 5.56 Å². The summed E-state index contributed by atoms with van der Waals surface area (Å²) in [5, 5.41) is 9.70. The number of ether oxygens (including phenoxy) is 1. The number of halogens is 2. The van der Waals surface area contributed by atoms with Crippen molar-refractivity contribution < 1.29 is 19.1 Å². The molecule has 0 unspecified atom stereocenters. The summed E-state index contributed by atoms with van der Waals surface area (Å²) in [5.41, 5.74) is 4.73. The van der Waals surface area contributed by atoms with E-state index in [0.29, 0.717) is 32.7 Å². The smallest absolute Gasteiger partial charge is 0.329 e. The number of carbonyl (C=O) groups excluding carboxylic acids is 3. The van der Waals surface area contributed by atoms with E-state index in [-0.39, 0.29) is 6.61 Å². The van der Waals surface area contributed by atoms with Gasteiger partial charge in [-0.05, 0) is 55.0 Å². The summed E-state index contributed by atoms with van der Waals surface area (Å²) in [5.74, 6) is -1.75. The number of hydrazone groups is 1. The van der Waals surface area contributed by atoms with Crippen molar-refractivity contribution in [3.05, 3.63) is 87.9 Å². The fourth-order valence-corrected chi connectivity index (χ4v) is 3.22. The molecule has 3 amide bonds. The van der Waals surface area contributed by atoms with Crippen LogP contribution in [-0.4, -0.2) is 30.5 Å². The Hall–Kier alpha value is -3.88. The zero-order valence-electron chi connectivity index (χ0n) is 18.0. The molecule has 34 heavy (non-hydrogen) atoms. The normalized spacial score (nSPS) is 10.6. The van der Waals surface area contributed by atoms with Crippen LogP contribution in [0.3, 0.4) is 0 Å². The zero-order chi connectivity index (χ0) is 24.5. The predicted octanol–water partition coefficient (Wildman–Crippen LogP) is 4.41. The molecule has 0 atom stereocenters. The Labute approximate surface area is 205 Å². The Kier molecular flexibility index (Phi) is 8.61. The van der Waals surface area contributed by atoms with E-state index in [9.17, 15) is 14.4 Å². The second-order valence-corrected chi connectivity index (χ2v) is 7.96. The number of nitrogens with zero attached hydrogens (tertiary/aromatic N) is 1. The van der Waals surface area contributed by atoms with Gasteiger partial charge in [0.25, 0.3) is 5.91 Å². The molecule has 3 aromatic rings. The van der Waals surface area contributed by atoms with Crippen molar-refractivity contribution >= 4 is 58.5 Å². The standard InChI is InChI=1S/C24H20Cl2N4O4/c1-15-5-7-19(8-6-15)29-23(32)24(33)30-27-13-16-3-2-4-21(9-16)34-14-22(31)28-20-11-17(25)10-18(26)12-20/h2-13H,14H2,1H3,(H,28,31)(H,29,32)(H,30,33)/b27-13-. The van der Waals surface area contributed by atoms with Gasteiger partial charge in [0.1, 0.15) is 5.75 Å². The van der Waals surface area contributed by atoms with Crippen molar-refractivity contribution in [2.24, 2.45) is 5.10 Å². The second-order valence-electron chi connectivity index (χ2n) is 7.09. The molecule has 0 saturated carbocycles. The molecule has 0 aliphatic carbocycles. The van der Waals surface area contributed by atoms with E-state index >= 15 is 0 Å². The first kappa shape index (κ1) is 24.8. The fraction of sp³-hybridized carbons (Fsp3) is 0.0833. The third kappa shape index (κ3) is 7.91. The van der Waals surface area contributed by atoms with Gasteiger partial charge in [-0.3, -0.25) is 14.4 Å². The molecular formula is C24H20Cl2N4O4. The number of rotatable bonds is 7. The van der Waals surface area contributed by atoms with Gasteiger partial charge in [-0.2, -0.15) is 5.10 Å². The Morgan fingerprint density at radius 3 is 2.29 bits per heavy atom. The van der Waals surface area contributed by atoms with E-state index in [1.807, 2.05) is 19.1 Å². The summed E-state index contributed by atoms with van der Waals surface area (Å²) in [7, 11) is 0. The monoisotopic (exact) mass is 498 g/mol. The van der Waals surface area contributed by atoms with Crippen molar-refractivity contribution in [3.63, 3.8) is 0 Å². The summed E-state index contributed by atoms with van der Waals surface area (Å²) in [4.78, 5) is 36.0. The van der Waals surface area contributed by atoms with E-state index in [1.54, 1.807) is 54.6 Å². The number of benzene rings is 3. The van der Waals surface area contributed by atoms with E-state index < -0.39 is 17.7 Å². The molecule has 0 aliphatic rings. The van der Waals surface area contributed by atoms with Gasteiger partial charge in [0.2, 0.25) is 0 Å². The summed E-state index contributed by atoms with van der Waals surface area (Å²) >= 11 is 11.8. The second kappa shape index (κ2) is 11.8. The third-order valence-electron chi connectivity index (χ3n) is 4.27. The number of anilines is 2. The highest BCUT2D eigenvalue weighted by atomic mass is 35.5. The Bertz CT molecular complexity index is 1210. The maximum absolute atomic E-state index is 12.1. The Morgan fingerprint density at radius 1 is 0.882 bits per heavy atom. The molecule has 0 spiro atoms. The van der Waals surface area contributed by atoms with Crippen LogP contribution in [0.1, 0.15) is 11.1 Å². The van der Waals surface area contributed by atoms with E-state index in [1.165, 1.54) is 6.21 Å². The molecule has 0 aliphatic heterocycles. The predicted molar refractivity (Wildman–Crippen MR) is 133 cm³/mol. The number of hydrogen-bond acceptors (Lipinski definition) is 5. The molecule has 0 bridgehead atoms. The quantitative estimate of drug-likeness (QED) is 0.254. The molecule has 8 nitrogen and oxygen atoms in total. The maximum Gasteiger partial charge on any atom is 0.329 e. The number of nitrogens with one attached hydrogen (secondary N) is 3. The fourth-order valence-electron chi connectivity index (χ4n) is 2.70. The van der Waals surface area contributed by atoms with Crippen LogP contribution in [0.5, 0.6) is 5.75 Å². The van der Waals surface area contributed by atoms with Gasteiger partial charge in [0, 0.05) is 21.4 Å². The highest BCUT2D eigenvalue weighted by Gasteiger charge is 2.12. The van der Waals surface area contributed by atoms with Crippen LogP contribution in [-0.2, 0) is 14.4 Å².